The van der Waals surface area contributed by atoms with Gasteiger partial charge < -0.3 is 24.7 Å². The Bertz CT molecular complexity index is 1000. The van der Waals surface area contributed by atoms with Gasteiger partial charge in [0.2, 0.25) is 0 Å². The molecule has 2 rings (SSSR count). The lowest BCUT2D eigenvalue weighted by Crippen LogP contribution is -2.29. The number of ether oxygens (including phenoxy) is 2. The van der Waals surface area contributed by atoms with E-state index < -0.39 is 18.5 Å². The highest BCUT2D eigenvalue weighted by atomic mass is 79.9. The summed E-state index contributed by atoms with van der Waals surface area (Å²) in [5.41, 5.74) is 0.761. The van der Waals surface area contributed by atoms with E-state index in [1.807, 2.05) is 6.07 Å². The molecule has 7 nitrogen and oxygen atoms in total. The Balaban J connectivity index is 2.33. The predicted molar refractivity (Wildman–Crippen MR) is 109 cm³/mol. The van der Waals surface area contributed by atoms with Crippen molar-refractivity contribution in [3.8, 4) is 17.6 Å². The van der Waals surface area contributed by atoms with Gasteiger partial charge in [-0.25, -0.2) is 0 Å². The van der Waals surface area contributed by atoms with Gasteiger partial charge in [-0.1, -0.05) is 33.6 Å². The molecule has 0 aromatic heterocycles. The fourth-order valence-electron chi connectivity index (χ4n) is 2.29. The van der Waals surface area contributed by atoms with Crippen LogP contribution in [0.1, 0.15) is 12.5 Å². The van der Waals surface area contributed by atoms with Crippen LogP contribution in [0.4, 0.5) is 5.69 Å². The number of carboxylic acid groups (broad SMARTS) is 1. The van der Waals surface area contributed by atoms with Crippen molar-refractivity contribution in [2.45, 2.75) is 6.92 Å². The van der Waals surface area contributed by atoms with Crippen molar-refractivity contribution in [2.75, 3.05) is 18.5 Å². The topological polar surface area (TPSA) is 111 Å². The van der Waals surface area contributed by atoms with Crippen molar-refractivity contribution in [1.29, 1.82) is 5.26 Å². The van der Waals surface area contributed by atoms with Gasteiger partial charge in [0.05, 0.1) is 17.6 Å². The molecule has 150 valence electrons. The van der Waals surface area contributed by atoms with Crippen LogP contribution in [0.5, 0.6) is 11.5 Å². The highest BCUT2D eigenvalue weighted by Crippen LogP contribution is 2.37. The molecule has 0 aliphatic carbocycles. The predicted octanol–water partition coefficient (Wildman–Crippen LogP) is 3.18. The molecule has 0 spiro atoms. The fourth-order valence-corrected chi connectivity index (χ4v) is 2.96. The van der Waals surface area contributed by atoms with Gasteiger partial charge in [-0.3, -0.25) is 4.79 Å². The Morgan fingerprint density at radius 2 is 2.07 bits per heavy atom. The number of hydrogen-bond donors (Lipinski definition) is 1. The van der Waals surface area contributed by atoms with Gasteiger partial charge in [0, 0.05) is 10.2 Å². The fraction of sp³-hybridized carbons (Fsp3) is 0.150. The maximum absolute atomic E-state index is 12.4. The Morgan fingerprint density at radius 1 is 1.31 bits per heavy atom. The summed E-state index contributed by atoms with van der Waals surface area (Å²) >= 11 is 9.48. The first-order valence-electron chi connectivity index (χ1n) is 8.31. The van der Waals surface area contributed by atoms with Crippen LogP contribution in [0.3, 0.4) is 0 Å². The number of amides is 1. The number of nitrogens with zero attached hydrogens (tertiary/aromatic N) is 1. The van der Waals surface area contributed by atoms with E-state index >= 15 is 0 Å². The molecule has 2 aromatic carbocycles. The van der Waals surface area contributed by atoms with Crippen LogP contribution >= 0.6 is 27.5 Å². The Labute approximate surface area is 180 Å². The second-order valence-corrected chi connectivity index (χ2v) is 6.88. The Hall–Kier alpha value is -3.02. The van der Waals surface area contributed by atoms with E-state index in [9.17, 15) is 20.0 Å². The third-order valence-electron chi connectivity index (χ3n) is 3.42. The lowest BCUT2D eigenvalue weighted by molar-refractivity contribution is -0.307. The standard InChI is InChI=1S/C20H16BrClN2O5/c1-2-28-17-8-12(7-16(22)19(17)29-11-18(25)26)6-13(10-23)20(27)24-15-5-3-4-14(21)9-15/h3-9H,2,11H2,1H3,(H,24,27)(H,25,26)/p-1/b13-6-. The first kappa shape index (κ1) is 22.3. The zero-order chi connectivity index (χ0) is 21.4. The molecular weight excluding hydrogens is 464 g/mol. The normalized spacial score (nSPS) is 10.8. The molecule has 29 heavy (non-hydrogen) atoms. The Kier molecular flexibility index (Phi) is 8.07. The average Bonchev–Trinajstić information content (AvgIpc) is 2.65. The number of carboxylic acids is 1. The first-order chi connectivity index (χ1) is 13.8. The number of halogens is 2. The number of hydrogen-bond acceptors (Lipinski definition) is 6. The molecule has 0 saturated carbocycles. The molecule has 0 heterocycles. The highest BCUT2D eigenvalue weighted by Gasteiger charge is 2.15. The van der Waals surface area contributed by atoms with E-state index in [2.05, 4.69) is 21.2 Å². The van der Waals surface area contributed by atoms with Gasteiger partial charge in [0.25, 0.3) is 5.91 Å². The minimum absolute atomic E-state index is 0.0342. The monoisotopic (exact) mass is 477 g/mol. The SMILES string of the molecule is CCOc1cc(/C=C(/C#N)C(=O)Nc2cccc(Br)c2)cc(Cl)c1OCC(=O)[O-]. The third-order valence-corrected chi connectivity index (χ3v) is 4.20. The second kappa shape index (κ2) is 10.5. The molecule has 0 bridgehead atoms. The molecule has 0 saturated heterocycles. The van der Waals surface area contributed by atoms with Crippen LogP contribution in [0.2, 0.25) is 5.02 Å². The van der Waals surface area contributed by atoms with Crippen molar-refractivity contribution >= 4 is 51.2 Å². The van der Waals surface area contributed by atoms with E-state index in [1.165, 1.54) is 18.2 Å². The maximum atomic E-state index is 12.4. The number of aliphatic carboxylic acids is 1. The molecule has 0 aliphatic heterocycles. The van der Waals surface area contributed by atoms with E-state index in [0.717, 1.165) is 4.47 Å². The number of benzene rings is 2. The summed E-state index contributed by atoms with van der Waals surface area (Å²) in [6, 6.07) is 11.7. The molecule has 9 heteroatoms. The van der Waals surface area contributed by atoms with E-state index in [-0.39, 0.29) is 28.7 Å². The van der Waals surface area contributed by atoms with Gasteiger partial charge in [-0.15, -0.1) is 0 Å². The van der Waals surface area contributed by atoms with Crippen LogP contribution in [-0.2, 0) is 9.59 Å². The average molecular weight is 479 g/mol. The quantitative estimate of drug-likeness (QED) is 0.461. The number of carbonyl (C=O) groups is 2. The van der Waals surface area contributed by atoms with Crippen molar-refractivity contribution in [2.24, 2.45) is 0 Å². The number of rotatable bonds is 8. The zero-order valence-corrected chi connectivity index (χ0v) is 17.5. The number of carbonyl (C=O) groups excluding carboxylic acids is 2. The summed E-state index contributed by atoms with van der Waals surface area (Å²) in [4.78, 5) is 23.1. The first-order valence-corrected chi connectivity index (χ1v) is 9.48. The second-order valence-electron chi connectivity index (χ2n) is 5.56. The van der Waals surface area contributed by atoms with E-state index in [4.69, 9.17) is 21.1 Å². The van der Waals surface area contributed by atoms with E-state index in [0.29, 0.717) is 11.3 Å². The molecule has 0 unspecified atom stereocenters. The van der Waals surface area contributed by atoms with Crippen LogP contribution in [0, 0.1) is 11.3 Å². The third kappa shape index (κ3) is 6.52. The van der Waals surface area contributed by atoms with Gasteiger partial charge in [0.1, 0.15) is 18.2 Å². The summed E-state index contributed by atoms with van der Waals surface area (Å²) in [7, 11) is 0. The summed E-state index contributed by atoms with van der Waals surface area (Å²) in [6.45, 7) is 1.29. The summed E-state index contributed by atoms with van der Waals surface area (Å²) in [5.74, 6) is -1.80. The lowest BCUT2D eigenvalue weighted by Gasteiger charge is -2.15. The van der Waals surface area contributed by atoms with Crippen molar-refractivity contribution in [1.82, 2.24) is 0 Å². The number of anilines is 1. The molecule has 0 aliphatic rings. The Morgan fingerprint density at radius 3 is 2.69 bits per heavy atom. The molecule has 2 aromatic rings. The lowest BCUT2D eigenvalue weighted by atomic mass is 10.1. The largest absolute Gasteiger partial charge is 0.546 e. The summed E-state index contributed by atoms with van der Waals surface area (Å²) in [6.07, 6.45) is 1.34. The molecule has 1 amide bonds. The summed E-state index contributed by atoms with van der Waals surface area (Å²) < 4.78 is 11.3. The molecule has 0 fully saturated rings. The van der Waals surface area contributed by atoms with Crippen LogP contribution in [0.15, 0.2) is 46.4 Å². The number of nitrogens with one attached hydrogen (secondary N) is 1. The summed E-state index contributed by atoms with van der Waals surface area (Å²) in [5, 5.41) is 22.7. The minimum Gasteiger partial charge on any atom is -0.546 e. The van der Waals surface area contributed by atoms with Crippen LogP contribution in [0.25, 0.3) is 6.08 Å². The van der Waals surface area contributed by atoms with Crippen molar-refractivity contribution < 1.29 is 24.2 Å². The van der Waals surface area contributed by atoms with Gasteiger partial charge >= 0.3 is 0 Å². The van der Waals surface area contributed by atoms with Crippen molar-refractivity contribution in [3.63, 3.8) is 0 Å². The molecular formula is C20H15BrClN2O5-. The molecule has 1 N–H and O–H groups in total. The smallest absolute Gasteiger partial charge is 0.266 e. The van der Waals surface area contributed by atoms with Gasteiger partial charge in [-0.2, -0.15) is 5.26 Å². The van der Waals surface area contributed by atoms with Gasteiger partial charge in [-0.05, 0) is 48.9 Å². The van der Waals surface area contributed by atoms with Crippen LogP contribution < -0.4 is 19.9 Å². The van der Waals surface area contributed by atoms with Crippen LogP contribution in [-0.4, -0.2) is 25.1 Å². The molecule has 0 radical (unpaired) electrons. The van der Waals surface area contributed by atoms with Gasteiger partial charge in [0.15, 0.2) is 11.5 Å². The van der Waals surface area contributed by atoms with Crippen molar-refractivity contribution in [3.05, 3.63) is 57.0 Å². The maximum Gasteiger partial charge on any atom is 0.266 e. The minimum atomic E-state index is -1.41. The molecule has 0 atom stereocenters. The highest BCUT2D eigenvalue weighted by molar-refractivity contribution is 9.10. The zero-order valence-electron chi connectivity index (χ0n) is 15.2. The van der Waals surface area contributed by atoms with E-state index in [1.54, 1.807) is 31.2 Å². The number of nitriles is 1.